The first-order valence-electron chi connectivity index (χ1n) is 9.77. The van der Waals surface area contributed by atoms with Crippen molar-refractivity contribution in [3.8, 4) is 0 Å². The normalized spacial score (nSPS) is 18.7. The van der Waals surface area contributed by atoms with Crippen molar-refractivity contribution in [3.63, 3.8) is 0 Å². The van der Waals surface area contributed by atoms with Gasteiger partial charge in [-0.05, 0) is 50.1 Å². The molecule has 30 heavy (non-hydrogen) atoms. The zero-order valence-electron chi connectivity index (χ0n) is 17.0. The molecule has 0 radical (unpaired) electrons. The Balaban J connectivity index is 1.63. The van der Waals surface area contributed by atoms with Crippen molar-refractivity contribution in [3.05, 3.63) is 82.5 Å². The van der Waals surface area contributed by atoms with Crippen LogP contribution >= 0.6 is 15.9 Å². The Morgan fingerprint density at radius 3 is 2.50 bits per heavy atom. The van der Waals surface area contributed by atoms with E-state index in [0.29, 0.717) is 11.8 Å². The lowest BCUT2D eigenvalue weighted by Gasteiger charge is -2.28. The number of rotatable bonds is 5. The zero-order chi connectivity index (χ0) is 21.3. The minimum atomic E-state index is -0.693. The molecule has 1 aliphatic heterocycles. The SMILES string of the molecule is C[C@H](Nc1nccc(N2C(=O)OC(C)(C)[C@@H]2c2ccccc2)n1)c1ccc(Br)cc1. The molecule has 4 rings (SSSR count). The van der Waals surface area contributed by atoms with Crippen LogP contribution in [-0.4, -0.2) is 21.7 Å². The van der Waals surface area contributed by atoms with Gasteiger partial charge in [0.1, 0.15) is 17.5 Å². The Morgan fingerprint density at radius 1 is 1.10 bits per heavy atom. The molecule has 0 bridgehead atoms. The van der Waals surface area contributed by atoms with E-state index in [1.807, 2.05) is 75.4 Å². The van der Waals surface area contributed by atoms with Gasteiger partial charge < -0.3 is 10.1 Å². The van der Waals surface area contributed by atoms with Gasteiger partial charge in [-0.2, -0.15) is 4.98 Å². The summed E-state index contributed by atoms with van der Waals surface area (Å²) in [5.41, 5.74) is 1.41. The average molecular weight is 467 g/mol. The molecule has 0 aliphatic carbocycles. The Morgan fingerprint density at radius 2 is 1.80 bits per heavy atom. The van der Waals surface area contributed by atoms with Crippen LogP contribution in [0.2, 0.25) is 0 Å². The molecule has 6 nitrogen and oxygen atoms in total. The highest BCUT2D eigenvalue weighted by Gasteiger charge is 2.49. The summed E-state index contributed by atoms with van der Waals surface area (Å²) in [6.45, 7) is 5.87. The van der Waals surface area contributed by atoms with Crippen molar-refractivity contribution in [1.82, 2.24) is 9.97 Å². The zero-order valence-corrected chi connectivity index (χ0v) is 18.6. The summed E-state index contributed by atoms with van der Waals surface area (Å²) in [6.07, 6.45) is 1.24. The number of amides is 1. The smallest absolute Gasteiger partial charge is 0.416 e. The third kappa shape index (κ3) is 4.03. The van der Waals surface area contributed by atoms with E-state index in [-0.39, 0.29) is 12.1 Å². The quantitative estimate of drug-likeness (QED) is 0.507. The van der Waals surface area contributed by atoms with Crippen molar-refractivity contribution < 1.29 is 9.53 Å². The number of aromatic nitrogens is 2. The van der Waals surface area contributed by atoms with E-state index >= 15 is 0 Å². The van der Waals surface area contributed by atoms with Crippen LogP contribution in [0.5, 0.6) is 0 Å². The summed E-state index contributed by atoms with van der Waals surface area (Å²) >= 11 is 3.45. The van der Waals surface area contributed by atoms with Gasteiger partial charge in [-0.15, -0.1) is 0 Å². The van der Waals surface area contributed by atoms with Crippen LogP contribution < -0.4 is 10.2 Å². The summed E-state index contributed by atoms with van der Waals surface area (Å²) in [5.74, 6) is 0.951. The van der Waals surface area contributed by atoms with Crippen LogP contribution in [0.4, 0.5) is 16.6 Å². The van der Waals surface area contributed by atoms with Crippen LogP contribution in [0.1, 0.15) is 44.0 Å². The van der Waals surface area contributed by atoms with Crippen molar-refractivity contribution in [2.75, 3.05) is 10.2 Å². The van der Waals surface area contributed by atoms with E-state index < -0.39 is 11.7 Å². The van der Waals surface area contributed by atoms with Crippen LogP contribution in [0.25, 0.3) is 0 Å². The maximum Gasteiger partial charge on any atom is 0.416 e. The number of hydrogen-bond donors (Lipinski definition) is 1. The molecule has 1 aliphatic rings. The first-order chi connectivity index (χ1) is 14.3. The fraction of sp³-hybridized carbons (Fsp3) is 0.261. The molecule has 1 saturated heterocycles. The highest BCUT2D eigenvalue weighted by molar-refractivity contribution is 9.10. The molecule has 0 spiro atoms. The van der Waals surface area contributed by atoms with Gasteiger partial charge >= 0.3 is 6.09 Å². The molecular weight excluding hydrogens is 444 g/mol. The topological polar surface area (TPSA) is 67.4 Å². The molecule has 1 aromatic heterocycles. The Labute approximate surface area is 184 Å². The second-order valence-electron chi connectivity index (χ2n) is 7.81. The maximum atomic E-state index is 12.8. The molecule has 0 unspecified atom stereocenters. The summed E-state index contributed by atoms with van der Waals surface area (Å²) in [7, 11) is 0. The van der Waals surface area contributed by atoms with Gasteiger partial charge in [-0.3, -0.25) is 0 Å². The van der Waals surface area contributed by atoms with Gasteiger partial charge in [0.25, 0.3) is 0 Å². The fourth-order valence-corrected chi connectivity index (χ4v) is 4.00. The molecule has 1 N–H and O–H groups in total. The van der Waals surface area contributed by atoms with Gasteiger partial charge in [0.05, 0.1) is 6.04 Å². The maximum absolute atomic E-state index is 12.8. The molecular formula is C23H23BrN4O2. The fourth-order valence-electron chi connectivity index (χ4n) is 3.74. The number of anilines is 2. The largest absolute Gasteiger partial charge is 0.440 e. The molecule has 154 valence electrons. The Hall–Kier alpha value is -2.93. The highest BCUT2D eigenvalue weighted by atomic mass is 79.9. The Kier molecular flexibility index (Phi) is 5.47. The molecule has 1 fully saturated rings. The monoisotopic (exact) mass is 466 g/mol. The minimum absolute atomic E-state index is 0.000223. The number of nitrogens with one attached hydrogen (secondary N) is 1. The number of hydrogen-bond acceptors (Lipinski definition) is 5. The molecule has 1 amide bonds. The van der Waals surface area contributed by atoms with Crippen LogP contribution in [0.15, 0.2) is 71.3 Å². The van der Waals surface area contributed by atoms with E-state index in [1.165, 1.54) is 0 Å². The second-order valence-corrected chi connectivity index (χ2v) is 8.73. The predicted molar refractivity (Wildman–Crippen MR) is 120 cm³/mol. The summed E-state index contributed by atoms with van der Waals surface area (Å²) in [6, 6.07) is 19.4. The molecule has 3 aromatic rings. The summed E-state index contributed by atoms with van der Waals surface area (Å²) in [5, 5.41) is 3.32. The standard InChI is InChI=1S/C23H23BrN4O2/c1-15(16-9-11-18(24)12-10-16)26-21-25-14-13-19(27-21)28-20(17-7-5-4-6-8-17)23(2,3)30-22(28)29/h4-15,20H,1-3H3,(H,25,26,27)/t15-,20-/m0/s1. The first-order valence-corrected chi connectivity index (χ1v) is 10.6. The van der Waals surface area contributed by atoms with Crippen molar-refractivity contribution in [2.24, 2.45) is 0 Å². The van der Waals surface area contributed by atoms with Crippen molar-refractivity contribution in [1.29, 1.82) is 0 Å². The lowest BCUT2D eigenvalue weighted by molar-refractivity contribution is 0.0685. The third-order valence-electron chi connectivity index (χ3n) is 5.18. The number of benzene rings is 2. The van der Waals surface area contributed by atoms with Crippen LogP contribution in [-0.2, 0) is 4.74 Å². The Bertz CT molecular complexity index is 1040. The lowest BCUT2D eigenvalue weighted by atomic mass is 9.91. The number of ether oxygens (including phenoxy) is 1. The van der Waals surface area contributed by atoms with Crippen LogP contribution in [0.3, 0.4) is 0 Å². The third-order valence-corrected chi connectivity index (χ3v) is 5.71. The van der Waals surface area contributed by atoms with Gasteiger partial charge in [0.15, 0.2) is 0 Å². The number of carbonyl (C=O) groups is 1. The van der Waals surface area contributed by atoms with Crippen molar-refractivity contribution >= 4 is 33.8 Å². The second kappa shape index (κ2) is 8.07. The average Bonchev–Trinajstić information content (AvgIpc) is 2.97. The minimum Gasteiger partial charge on any atom is -0.440 e. The van der Waals surface area contributed by atoms with E-state index in [1.54, 1.807) is 17.2 Å². The van der Waals surface area contributed by atoms with E-state index in [0.717, 1.165) is 15.6 Å². The number of nitrogens with zero attached hydrogens (tertiary/aromatic N) is 3. The first kappa shape index (κ1) is 20.3. The van der Waals surface area contributed by atoms with E-state index in [2.05, 4.69) is 31.2 Å². The molecule has 2 aromatic carbocycles. The molecule has 7 heteroatoms. The molecule has 2 heterocycles. The molecule has 0 saturated carbocycles. The predicted octanol–water partition coefficient (Wildman–Crippen LogP) is 5.89. The number of carbonyl (C=O) groups excluding carboxylic acids is 1. The van der Waals surface area contributed by atoms with Gasteiger partial charge in [-0.25, -0.2) is 14.7 Å². The summed E-state index contributed by atoms with van der Waals surface area (Å²) < 4.78 is 6.71. The number of halogens is 1. The lowest BCUT2D eigenvalue weighted by Crippen LogP contribution is -2.34. The number of cyclic esters (lactones) is 1. The van der Waals surface area contributed by atoms with Crippen molar-refractivity contribution in [2.45, 2.75) is 38.5 Å². The summed E-state index contributed by atoms with van der Waals surface area (Å²) in [4.78, 5) is 23.3. The van der Waals surface area contributed by atoms with E-state index in [9.17, 15) is 4.79 Å². The van der Waals surface area contributed by atoms with Gasteiger partial charge in [-0.1, -0.05) is 58.4 Å². The van der Waals surface area contributed by atoms with Gasteiger partial charge in [0.2, 0.25) is 5.95 Å². The van der Waals surface area contributed by atoms with E-state index in [4.69, 9.17) is 4.74 Å². The highest BCUT2D eigenvalue weighted by Crippen LogP contribution is 2.43. The van der Waals surface area contributed by atoms with Crippen LogP contribution in [0, 0.1) is 0 Å². The molecule has 2 atom stereocenters. The van der Waals surface area contributed by atoms with Gasteiger partial charge in [0, 0.05) is 10.7 Å².